The van der Waals surface area contributed by atoms with Crippen LogP contribution in [0.5, 0.6) is 0 Å². The first-order valence-electron chi connectivity index (χ1n) is 5.29. The van der Waals surface area contributed by atoms with Crippen LogP contribution in [-0.4, -0.2) is 68.5 Å². The van der Waals surface area contributed by atoms with Crippen LogP contribution in [0.2, 0.25) is 0 Å². The molecule has 0 saturated carbocycles. The highest BCUT2D eigenvalue weighted by Crippen LogP contribution is 2.04. The first-order chi connectivity index (χ1) is 7.87. The molecule has 8 heteroatoms. The van der Waals surface area contributed by atoms with Crippen molar-refractivity contribution in [2.45, 2.75) is 13.0 Å². The Labute approximate surface area is 100 Å². The first kappa shape index (κ1) is 14.4. The molecule has 7 nitrogen and oxygen atoms in total. The van der Waals surface area contributed by atoms with Crippen LogP contribution in [0.3, 0.4) is 0 Å². The van der Waals surface area contributed by atoms with Gasteiger partial charge in [-0.15, -0.1) is 0 Å². The summed E-state index contributed by atoms with van der Waals surface area (Å²) in [6.07, 6.45) is -0.847. The molecule has 1 heterocycles. The van der Waals surface area contributed by atoms with E-state index in [1.807, 2.05) is 4.90 Å². The highest BCUT2D eigenvalue weighted by Gasteiger charge is 2.23. The fraction of sp³-hybridized carbons (Fsp3) is 0.889. The molecule has 1 aliphatic heterocycles. The molecular formula is C9H17NO6S. The van der Waals surface area contributed by atoms with Gasteiger partial charge in [0.25, 0.3) is 10.1 Å². The summed E-state index contributed by atoms with van der Waals surface area (Å²) in [6, 6.07) is 0. The van der Waals surface area contributed by atoms with Gasteiger partial charge in [0.05, 0.1) is 13.2 Å². The van der Waals surface area contributed by atoms with E-state index in [9.17, 15) is 13.2 Å². The minimum Gasteiger partial charge on any atom is -0.460 e. The van der Waals surface area contributed by atoms with E-state index in [2.05, 4.69) is 0 Å². The molecule has 100 valence electrons. The van der Waals surface area contributed by atoms with Gasteiger partial charge in [-0.3, -0.25) is 14.2 Å². The third-order valence-corrected chi connectivity index (χ3v) is 3.09. The fourth-order valence-electron chi connectivity index (χ4n) is 1.67. The summed E-state index contributed by atoms with van der Waals surface area (Å²) in [5.74, 6) is -1.14. The summed E-state index contributed by atoms with van der Waals surface area (Å²) in [7, 11) is -4.15. The number of hydrogen-bond donors (Lipinski definition) is 1. The number of rotatable bonds is 5. The van der Waals surface area contributed by atoms with E-state index >= 15 is 0 Å². The van der Waals surface area contributed by atoms with E-state index in [-0.39, 0.29) is 6.54 Å². The number of nitrogens with zero attached hydrogens (tertiary/aromatic N) is 1. The molecule has 0 aromatic rings. The minimum absolute atomic E-state index is 0.280. The van der Waals surface area contributed by atoms with Gasteiger partial charge in [-0.05, 0) is 0 Å². The molecule has 0 aromatic heterocycles. The molecule has 1 rings (SSSR count). The molecule has 0 amide bonds. The summed E-state index contributed by atoms with van der Waals surface area (Å²) >= 11 is 0. The third kappa shape index (κ3) is 6.57. The SMILES string of the molecule is CC(=O)OC(CN1CCOCC1)CS(=O)(=O)O. The summed E-state index contributed by atoms with van der Waals surface area (Å²) < 4.78 is 40.4. The van der Waals surface area contributed by atoms with Crippen molar-refractivity contribution in [3.63, 3.8) is 0 Å². The van der Waals surface area contributed by atoms with Crippen molar-refractivity contribution >= 4 is 16.1 Å². The van der Waals surface area contributed by atoms with Crippen LogP contribution in [-0.2, 0) is 24.4 Å². The number of carbonyl (C=O) groups is 1. The molecule has 1 fully saturated rings. The average molecular weight is 267 g/mol. The summed E-state index contributed by atoms with van der Waals surface area (Å²) in [4.78, 5) is 12.8. The van der Waals surface area contributed by atoms with Crippen molar-refractivity contribution in [1.29, 1.82) is 0 Å². The Morgan fingerprint density at radius 3 is 2.53 bits per heavy atom. The molecule has 0 aliphatic carbocycles. The predicted molar refractivity (Wildman–Crippen MR) is 59.2 cm³/mol. The van der Waals surface area contributed by atoms with Gasteiger partial charge >= 0.3 is 5.97 Å². The summed E-state index contributed by atoms with van der Waals surface area (Å²) in [6.45, 7) is 3.93. The van der Waals surface area contributed by atoms with Gasteiger partial charge in [-0.25, -0.2) is 0 Å². The summed E-state index contributed by atoms with van der Waals surface area (Å²) in [5.41, 5.74) is 0. The molecule has 0 spiro atoms. The molecule has 1 aliphatic rings. The number of hydrogen-bond acceptors (Lipinski definition) is 6. The second-order valence-corrected chi connectivity index (χ2v) is 5.39. The van der Waals surface area contributed by atoms with E-state index < -0.39 is 27.9 Å². The van der Waals surface area contributed by atoms with E-state index in [4.69, 9.17) is 14.0 Å². The summed E-state index contributed by atoms with van der Waals surface area (Å²) in [5, 5.41) is 0. The zero-order valence-electron chi connectivity index (χ0n) is 9.66. The fourth-order valence-corrected chi connectivity index (χ4v) is 2.31. The van der Waals surface area contributed by atoms with Gasteiger partial charge in [-0.1, -0.05) is 0 Å². The van der Waals surface area contributed by atoms with Crippen molar-refractivity contribution in [2.24, 2.45) is 0 Å². The van der Waals surface area contributed by atoms with Crippen molar-refractivity contribution in [1.82, 2.24) is 4.90 Å². The van der Waals surface area contributed by atoms with E-state index in [0.717, 1.165) is 0 Å². The Bertz CT molecular complexity index is 348. The minimum atomic E-state index is -4.15. The Balaban J connectivity index is 2.52. The molecule has 17 heavy (non-hydrogen) atoms. The largest absolute Gasteiger partial charge is 0.460 e. The van der Waals surface area contributed by atoms with Crippen LogP contribution in [0.1, 0.15) is 6.92 Å². The normalized spacial score (nSPS) is 19.9. The lowest BCUT2D eigenvalue weighted by molar-refractivity contribution is -0.146. The Morgan fingerprint density at radius 2 is 2.06 bits per heavy atom. The first-order valence-corrected chi connectivity index (χ1v) is 6.90. The van der Waals surface area contributed by atoms with Crippen LogP contribution < -0.4 is 0 Å². The maximum absolute atomic E-state index is 10.8. The van der Waals surface area contributed by atoms with Crippen LogP contribution in [0.4, 0.5) is 0 Å². The van der Waals surface area contributed by atoms with E-state index in [1.54, 1.807) is 0 Å². The van der Waals surface area contributed by atoms with Crippen LogP contribution in [0, 0.1) is 0 Å². The van der Waals surface area contributed by atoms with Gasteiger partial charge in [0, 0.05) is 26.6 Å². The van der Waals surface area contributed by atoms with Gasteiger partial charge in [0.2, 0.25) is 0 Å². The third-order valence-electron chi connectivity index (χ3n) is 2.29. The topological polar surface area (TPSA) is 93.1 Å². The quantitative estimate of drug-likeness (QED) is 0.511. The smallest absolute Gasteiger partial charge is 0.302 e. The number of carbonyl (C=O) groups excluding carboxylic acids is 1. The highest BCUT2D eigenvalue weighted by molar-refractivity contribution is 7.85. The van der Waals surface area contributed by atoms with Crippen molar-refractivity contribution < 1.29 is 27.2 Å². The maximum atomic E-state index is 10.8. The molecule has 1 N–H and O–H groups in total. The standard InChI is InChI=1S/C9H17NO6S/c1-8(11)16-9(7-17(12,13)14)6-10-2-4-15-5-3-10/h9H,2-7H2,1H3,(H,12,13,14). The maximum Gasteiger partial charge on any atom is 0.302 e. The van der Waals surface area contributed by atoms with Gasteiger partial charge < -0.3 is 9.47 Å². The van der Waals surface area contributed by atoms with Gasteiger partial charge in [-0.2, -0.15) is 8.42 Å². The molecule has 0 aromatic carbocycles. The lowest BCUT2D eigenvalue weighted by Crippen LogP contribution is -2.44. The lowest BCUT2D eigenvalue weighted by Gasteiger charge is -2.29. The number of ether oxygens (including phenoxy) is 2. The lowest BCUT2D eigenvalue weighted by atomic mass is 10.3. The zero-order chi connectivity index (χ0) is 12.9. The van der Waals surface area contributed by atoms with Crippen LogP contribution in [0.25, 0.3) is 0 Å². The second-order valence-electron chi connectivity index (χ2n) is 3.89. The zero-order valence-corrected chi connectivity index (χ0v) is 10.5. The van der Waals surface area contributed by atoms with Crippen molar-refractivity contribution in [2.75, 3.05) is 38.6 Å². The van der Waals surface area contributed by atoms with Crippen LogP contribution >= 0.6 is 0 Å². The molecular weight excluding hydrogens is 250 g/mol. The molecule has 0 radical (unpaired) electrons. The molecule has 1 unspecified atom stereocenters. The van der Waals surface area contributed by atoms with Crippen LogP contribution in [0.15, 0.2) is 0 Å². The Kier molecular flexibility index (Phi) is 5.31. The number of esters is 1. The van der Waals surface area contributed by atoms with Gasteiger partial charge in [0.15, 0.2) is 0 Å². The molecule has 0 bridgehead atoms. The van der Waals surface area contributed by atoms with Crippen molar-refractivity contribution in [3.8, 4) is 0 Å². The van der Waals surface area contributed by atoms with Gasteiger partial charge in [0.1, 0.15) is 11.9 Å². The average Bonchev–Trinajstić information content (AvgIpc) is 2.15. The molecule has 1 saturated heterocycles. The Hall–Kier alpha value is -0.700. The number of morpholine rings is 1. The highest BCUT2D eigenvalue weighted by atomic mass is 32.2. The Morgan fingerprint density at radius 1 is 1.47 bits per heavy atom. The predicted octanol–water partition coefficient (Wildman–Crippen LogP) is -0.862. The second kappa shape index (κ2) is 6.29. The monoisotopic (exact) mass is 267 g/mol. The molecule has 1 atom stereocenters. The van der Waals surface area contributed by atoms with E-state index in [1.165, 1.54) is 6.92 Å². The van der Waals surface area contributed by atoms with Crippen molar-refractivity contribution in [3.05, 3.63) is 0 Å². The van der Waals surface area contributed by atoms with E-state index in [0.29, 0.717) is 26.3 Å².